The highest BCUT2D eigenvalue weighted by Crippen LogP contribution is 2.27. The van der Waals surface area contributed by atoms with E-state index in [4.69, 9.17) is 10.5 Å². The quantitative estimate of drug-likeness (QED) is 0.833. The van der Waals surface area contributed by atoms with E-state index < -0.39 is 0 Å². The van der Waals surface area contributed by atoms with E-state index in [1.807, 2.05) is 12.3 Å². The average Bonchev–Trinajstić information content (AvgIpc) is 2.91. The molecule has 0 aliphatic carbocycles. The molecule has 1 fully saturated rings. The number of aromatic nitrogens is 2. The number of rotatable bonds is 3. The van der Waals surface area contributed by atoms with E-state index in [1.165, 1.54) is 6.08 Å². The van der Waals surface area contributed by atoms with Crippen LogP contribution in [0, 0.1) is 0 Å². The van der Waals surface area contributed by atoms with Crippen LogP contribution in [0.1, 0.15) is 17.2 Å². The number of nitrogens with two attached hydrogens (primary N) is 1. The summed E-state index contributed by atoms with van der Waals surface area (Å²) in [7, 11) is 0. The van der Waals surface area contributed by atoms with E-state index in [2.05, 4.69) is 16.5 Å². The number of amides is 1. The van der Waals surface area contributed by atoms with E-state index >= 15 is 0 Å². The third kappa shape index (κ3) is 2.63. The van der Waals surface area contributed by atoms with Gasteiger partial charge in [0, 0.05) is 48.9 Å². The van der Waals surface area contributed by atoms with Crippen molar-refractivity contribution >= 4 is 16.8 Å². The molecule has 6 heteroatoms. The maximum absolute atomic E-state index is 11.9. The van der Waals surface area contributed by atoms with Crippen LogP contribution in [0.15, 0.2) is 31.1 Å². The highest BCUT2D eigenvalue weighted by atomic mass is 16.5. The molecule has 3 N–H and O–H groups in total. The van der Waals surface area contributed by atoms with Crippen molar-refractivity contribution in [1.82, 2.24) is 14.9 Å². The van der Waals surface area contributed by atoms with Gasteiger partial charge in [-0.2, -0.15) is 0 Å². The number of ether oxygens (including phenoxy) is 1. The summed E-state index contributed by atoms with van der Waals surface area (Å²) in [5.41, 5.74) is 8.70. The lowest BCUT2D eigenvalue weighted by Crippen LogP contribution is -2.34. The second kappa shape index (κ2) is 6.29. The molecule has 1 aliphatic heterocycles. The molecule has 0 bridgehead atoms. The third-order valence-corrected chi connectivity index (χ3v) is 4.06. The van der Waals surface area contributed by atoms with Crippen molar-refractivity contribution in [3.05, 3.63) is 42.4 Å². The number of nitrogens with zero attached hydrogens (tertiary/aromatic N) is 2. The maximum Gasteiger partial charge on any atom is 0.246 e. The zero-order valence-electron chi connectivity index (χ0n) is 12.4. The molecule has 1 saturated heterocycles. The van der Waals surface area contributed by atoms with Crippen LogP contribution in [0.2, 0.25) is 0 Å². The number of fused-ring (bicyclic) bond motifs is 1. The molecule has 1 atom stereocenters. The smallest absolute Gasteiger partial charge is 0.246 e. The summed E-state index contributed by atoms with van der Waals surface area (Å²) >= 11 is 0. The van der Waals surface area contributed by atoms with Gasteiger partial charge in [0.25, 0.3) is 0 Å². The van der Waals surface area contributed by atoms with E-state index in [0.717, 1.165) is 22.2 Å². The van der Waals surface area contributed by atoms with E-state index in [9.17, 15) is 4.79 Å². The van der Waals surface area contributed by atoms with Crippen molar-refractivity contribution < 1.29 is 9.53 Å². The lowest BCUT2D eigenvalue weighted by Gasteiger charge is -2.22. The number of pyridine rings is 1. The molecule has 3 heterocycles. The van der Waals surface area contributed by atoms with Gasteiger partial charge < -0.3 is 20.4 Å². The topological polar surface area (TPSA) is 84.2 Å². The van der Waals surface area contributed by atoms with Crippen molar-refractivity contribution in [2.45, 2.75) is 12.5 Å². The minimum Gasteiger partial charge on any atom is -0.379 e. The molecule has 1 aliphatic rings. The molecule has 0 radical (unpaired) electrons. The molecule has 116 valence electrons. The summed E-state index contributed by atoms with van der Waals surface area (Å²) in [6.45, 7) is 6.25. The first-order chi connectivity index (χ1) is 10.7. The second-order valence-electron chi connectivity index (χ2n) is 5.40. The first kappa shape index (κ1) is 14.7. The first-order valence-corrected chi connectivity index (χ1v) is 7.38. The van der Waals surface area contributed by atoms with Crippen LogP contribution >= 0.6 is 0 Å². The molecular formula is C16H20N4O2. The summed E-state index contributed by atoms with van der Waals surface area (Å²) in [6.07, 6.45) is 5.04. The van der Waals surface area contributed by atoms with Gasteiger partial charge >= 0.3 is 0 Å². The number of H-pyrrole nitrogens is 1. The zero-order chi connectivity index (χ0) is 15.5. The molecule has 0 aromatic carbocycles. The van der Waals surface area contributed by atoms with Crippen molar-refractivity contribution in [3.8, 4) is 0 Å². The summed E-state index contributed by atoms with van der Waals surface area (Å²) in [5.74, 6) is -0.0316. The predicted molar refractivity (Wildman–Crippen MR) is 84.3 cm³/mol. The Kier molecular flexibility index (Phi) is 4.22. The largest absolute Gasteiger partial charge is 0.379 e. The highest BCUT2D eigenvalue weighted by molar-refractivity contribution is 5.87. The van der Waals surface area contributed by atoms with Crippen molar-refractivity contribution in [2.24, 2.45) is 5.73 Å². The Labute approximate surface area is 129 Å². The van der Waals surface area contributed by atoms with Gasteiger partial charge in [-0.25, -0.2) is 0 Å². The zero-order valence-corrected chi connectivity index (χ0v) is 12.4. The van der Waals surface area contributed by atoms with Crippen LogP contribution in [0.25, 0.3) is 10.9 Å². The van der Waals surface area contributed by atoms with Crippen molar-refractivity contribution in [3.63, 3.8) is 0 Å². The molecule has 0 spiro atoms. The molecule has 1 amide bonds. The highest BCUT2D eigenvalue weighted by Gasteiger charge is 2.25. The first-order valence-electron chi connectivity index (χ1n) is 7.38. The monoisotopic (exact) mass is 300 g/mol. The Bertz CT molecular complexity index is 695. The van der Waals surface area contributed by atoms with Crippen LogP contribution in [0.3, 0.4) is 0 Å². The Morgan fingerprint density at radius 1 is 1.64 bits per heavy atom. The molecule has 2 aromatic heterocycles. The molecule has 2 aromatic rings. The van der Waals surface area contributed by atoms with Crippen LogP contribution < -0.4 is 5.73 Å². The standard InChI is InChI=1S/C16H20N4O2/c1-2-14(21)20-5-6-22-10-12(9-20)16-13-3-4-18-15(13)11(7-17)8-19-16/h2-4,8,12,18H,1,5-7,9-10,17H2/t12-/m1/s1. The fourth-order valence-electron chi connectivity index (χ4n) is 2.92. The third-order valence-electron chi connectivity index (χ3n) is 4.06. The SMILES string of the molecule is C=CC(=O)N1CCOC[C@H](c2ncc(CN)c3[nH]ccc23)C1. The van der Waals surface area contributed by atoms with Crippen LogP contribution in [0.4, 0.5) is 0 Å². The number of nitrogens with one attached hydrogen (secondary N) is 1. The predicted octanol–water partition coefficient (Wildman–Crippen LogP) is 1.15. The summed E-state index contributed by atoms with van der Waals surface area (Å²) in [6, 6.07) is 2.00. The van der Waals surface area contributed by atoms with Gasteiger partial charge in [0.15, 0.2) is 0 Å². The minimum atomic E-state index is -0.0700. The second-order valence-corrected chi connectivity index (χ2v) is 5.40. The van der Waals surface area contributed by atoms with Crippen LogP contribution in [-0.2, 0) is 16.1 Å². The van der Waals surface area contributed by atoms with Gasteiger partial charge in [-0.05, 0) is 12.1 Å². The van der Waals surface area contributed by atoms with E-state index in [0.29, 0.717) is 32.8 Å². The molecule has 0 saturated carbocycles. The lowest BCUT2D eigenvalue weighted by atomic mass is 10.0. The molecular weight excluding hydrogens is 280 g/mol. The van der Waals surface area contributed by atoms with E-state index in [-0.39, 0.29) is 11.8 Å². The van der Waals surface area contributed by atoms with Crippen molar-refractivity contribution in [2.75, 3.05) is 26.3 Å². The molecule has 6 nitrogen and oxygen atoms in total. The minimum absolute atomic E-state index is 0.0384. The van der Waals surface area contributed by atoms with Gasteiger partial charge in [-0.15, -0.1) is 0 Å². The summed E-state index contributed by atoms with van der Waals surface area (Å²) in [4.78, 5) is 21.5. The summed E-state index contributed by atoms with van der Waals surface area (Å²) in [5, 5.41) is 1.05. The Morgan fingerprint density at radius 2 is 2.50 bits per heavy atom. The number of hydrogen-bond donors (Lipinski definition) is 2. The van der Waals surface area contributed by atoms with Crippen LogP contribution in [0.5, 0.6) is 0 Å². The number of hydrogen-bond acceptors (Lipinski definition) is 4. The fourth-order valence-corrected chi connectivity index (χ4v) is 2.92. The van der Waals surface area contributed by atoms with Crippen molar-refractivity contribution in [1.29, 1.82) is 0 Å². The van der Waals surface area contributed by atoms with Crippen LogP contribution in [-0.4, -0.2) is 47.1 Å². The van der Waals surface area contributed by atoms with Gasteiger partial charge in [0.05, 0.1) is 24.4 Å². The Hall–Kier alpha value is -2.18. The summed E-state index contributed by atoms with van der Waals surface area (Å²) < 4.78 is 5.67. The average molecular weight is 300 g/mol. The number of carbonyl (C=O) groups excluding carboxylic acids is 1. The van der Waals surface area contributed by atoms with Gasteiger partial charge in [0.2, 0.25) is 5.91 Å². The fraction of sp³-hybridized carbons (Fsp3) is 0.375. The Balaban J connectivity index is 1.97. The van der Waals surface area contributed by atoms with E-state index in [1.54, 1.807) is 11.1 Å². The molecule has 3 rings (SSSR count). The maximum atomic E-state index is 11.9. The van der Waals surface area contributed by atoms with Gasteiger partial charge in [0.1, 0.15) is 0 Å². The normalized spacial score (nSPS) is 19.1. The lowest BCUT2D eigenvalue weighted by molar-refractivity contribution is -0.126. The molecule has 0 unspecified atom stereocenters. The number of carbonyl (C=O) groups is 1. The van der Waals surface area contributed by atoms with Gasteiger partial charge in [-0.1, -0.05) is 6.58 Å². The molecule has 22 heavy (non-hydrogen) atoms. The Morgan fingerprint density at radius 3 is 3.27 bits per heavy atom. The van der Waals surface area contributed by atoms with Gasteiger partial charge in [-0.3, -0.25) is 9.78 Å². The number of aromatic amines is 1.